The molecule has 0 aliphatic heterocycles. The maximum absolute atomic E-state index is 13.0. The van der Waals surface area contributed by atoms with Gasteiger partial charge in [0.05, 0.1) is 5.56 Å². The molecule has 2 rings (SSSR count). The van der Waals surface area contributed by atoms with Gasteiger partial charge in [0.1, 0.15) is 0 Å². The number of carbonyl (C=O) groups excluding carboxylic acids is 1. The summed E-state index contributed by atoms with van der Waals surface area (Å²) in [5.41, 5.74) is 4.87. The van der Waals surface area contributed by atoms with Crippen LogP contribution in [-0.4, -0.2) is 23.4 Å². The first-order valence-corrected chi connectivity index (χ1v) is 7.08. The Bertz CT molecular complexity index is 504. The Morgan fingerprint density at radius 1 is 1.27 bits per heavy atom. The first-order valence-electron chi connectivity index (χ1n) is 7.08. The average molecular weight is 337 g/mol. The van der Waals surface area contributed by atoms with Gasteiger partial charge in [-0.15, -0.1) is 12.4 Å². The molecule has 1 aromatic rings. The van der Waals surface area contributed by atoms with Gasteiger partial charge in [0.25, 0.3) is 0 Å². The molecule has 1 aliphatic carbocycles. The average Bonchev–Trinajstić information content (AvgIpc) is 3.26. The molecule has 2 N–H and O–H groups in total. The largest absolute Gasteiger partial charge is 0.416 e. The zero-order valence-electron chi connectivity index (χ0n) is 12.1. The molecule has 0 radical (unpaired) electrons. The molecule has 124 valence electrons. The molecular formula is C15H20ClF3N2O. The van der Waals surface area contributed by atoms with Crippen molar-refractivity contribution in [1.82, 2.24) is 4.90 Å². The van der Waals surface area contributed by atoms with Gasteiger partial charge in [-0.1, -0.05) is 18.2 Å². The van der Waals surface area contributed by atoms with Crippen LogP contribution >= 0.6 is 12.4 Å². The zero-order valence-corrected chi connectivity index (χ0v) is 12.9. The summed E-state index contributed by atoms with van der Waals surface area (Å²) in [4.78, 5) is 13.7. The monoisotopic (exact) mass is 336 g/mol. The van der Waals surface area contributed by atoms with Gasteiger partial charge < -0.3 is 10.6 Å². The second-order valence-electron chi connectivity index (χ2n) is 5.30. The van der Waals surface area contributed by atoms with Crippen LogP contribution in [0.25, 0.3) is 0 Å². The minimum Gasteiger partial charge on any atom is -0.335 e. The lowest BCUT2D eigenvalue weighted by molar-refractivity contribution is -0.140. The third-order valence-corrected chi connectivity index (χ3v) is 3.57. The van der Waals surface area contributed by atoms with Gasteiger partial charge in [0, 0.05) is 19.0 Å². The highest BCUT2D eigenvalue weighted by molar-refractivity contribution is 5.85. The summed E-state index contributed by atoms with van der Waals surface area (Å²) in [5, 5.41) is 0. The molecule has 1 saturated carbocycles. The zero-order chi connectivity index (χ0) is 15.5. The first-order chi connectivity index (χ1) is 9.93. The summed E-state index contributed by atoms with van der Waals surface area (Å²) in [7, 11) is 0. The number of carbonyl (C=O) groups is 1. The molecule has 1 amide bonds. The smallest absolute Gasteiger partial charge is 0.335 e. The summed E-state index contributed by atoms with van der Waals surface area (Å²) < 4.78 is 39.0. The van der Waals surface area contributed by atoms with E-state index < -0.39 is 11.7 Å². The molecule has 0 atom stereocenters. The van der Waals surface area contributed by atoms with Crippen molar-refractivity contribution in [3.05, 3.63) is 35.4 Å². The molecule has 7 heteroatoms. The fraction of sp³-hybridized carbons (Fsp3) is 0.533. The van der Waals surface area contributed by atoms with Gasteiger partial charge in [-0.2, -0.15) is 13.2 Å². The quantitative estimate of drug-likeness (QED) is 0.866. The van der Waals surface area contributed by atoms with Crippen LogP contribution in [0.5, 0.6) is 0 Å². The van der Waals surface area contributed by atoms with E-state index >= 15 is 0 Å². The van der Waals surface area contributed by atoms with Crippen LogP contribution in [0.2, 0.25) is 0 Å². The van der Waals surface area contributed by atoms with Gasteiger partial charge in [-0.05, 0) is 37.4 Å². The predicted molar refractivity (Wildman–Crippen MR) is 80.6 cm³/mol. The second kappa shape index (κ2) is 7.83. The van der Waals surface area contributed by atoms with Crippen molar-refractivity contribution in [3.63, 3.8) is 0 Å². The normalized spacial score (nSPS) is 14.4. The molecule has 0 spiro atoms. The SMILES string of the molecule is Cl.NCCCC(=O)N(Cc1ccccc1C(F)(F)F)C1CC1. The van der Waals surface area contributed by atoms with E-state index in [4.69, 9.17) is 5.73 Å². The number of benzene rings is 1. The minimum absolute atomic E-state index is 0. The van der Waals surface area contributed by atoms with E-state index in [9.17, 15) is 18.0 Å². The highest BCUT2D eigenvalue weighted by atomic mass is 35.5. The van der Waals surface area contributed by atoms with Crippen LogP contribution in [-0.2, 0) is 17.5 Å². The highest BCUT2D eigenvalue weighted by Crippen LogP contribution is 2.35. The fourth-order valence-corrected chi connectivity index (χ4v) is 2.32. The Labute approximate surface area is 134 Å². The molecule has 0 saturated heterocycles. The Kier molecular flexibility index (Phi) is 6.68. The van der Waals surface area contributed by atoms with Crippen molar-refractivity contribution < 1.29 is 18.0 Å². The van der Waals surface area contributed by atoms with E-state index in [2.05, 4.69) is 0 Å². The molecule has 0 bridgehead atoms. The predicted octanol–water partition coefficient (Wildman–Crippen LogP) is 3.36. The molecule has 1 aliphatic rings. The summed E-state index contributed by atoms with van der Waals surface area (Å²) in [6.45, 7) is 0.424. The summed E-state index contributed by atoms with van der Waals surface area (Å²) in [5.74, 6) is -0.111. The number of amides is 1. The molecule has 1 fully saturated rings. The van der Waals surface area contributed by atoms with E-state index in [1.807, 2.05) is 0 Å². The molecule has 0 unspecified atom stereocenters. The number of hydrogen-bond acceptors (Lipinski definition) is 2. The van der Waals surface area contributed by atoms with Crippen molar-refractivity contribution in [2.45, 2.75) is 44.4 Å². The molecule has 22 heavy (non-hydrogen) atoms. The second-order valence-corrected chi connectivity index (χ2v) is 5.30. The maximum Gasteiger partial charge on any atom is 0.416 e. The van der Waals surface area contributed by atoms with Crippen LogP contribution in [0.4, 0.5) is 13.2 Å². The number of rotatable bonds is 6. The Balaban J connectivity index is 0.00000242. The number of alkyl halides is 3. The summed E-state index contributed by atoms with van der Waals surface area (Å²) in [6.07, 6.45) is -1.82. The first kappa shape index (κ1) is 18.8. The number of nitrogens with two attached hydrogens (primary N) is 1. The molecule has 0 aromatic heterocycles. The molecule has 3 nitrogen and oxygen atoms in total. The highest BCUT2D eigenvalue weighted by Gasteiger charge is 2.36. The van der Waals surface area contributed by atoms with E-state index in [1.54, 1.807) is 11.0 Å². The van der Waals surface area contributed by atoms with Crippen LogP contribution in [0.15, 0.2) is 24.3 Å². The van der Waals surface area contributed by atoms with Gasteiger partial charge in [0.2, 0.25) is 5.91 Å². The fourth-order valence-electron chi connectivity index (χ4n) is 2.32. The molecule has 1 aromatic carbocycles. The van der Waals surface area contributed by atoms with Crippen LogP contribution < -0.4 is 5.73 Å². The lowest BCUT2D eigenvalue weighted by atomic mass is 10.1. The molecule has 0 heterocycles. The van der Waals surface area contributed by atoms with Crippen molar-refractivity contribution in [2.75, 3.05) is 6.54 Å². The standard InChI is InChI=1S/C15H19F3N2O.ClH/c16-15(17,18)13-5-2-1-4-11(13)10-20(12-7-8-12)14(21)6-3-9-19;/h1-2,4-5,12H,3,6-10,19H2;1H. The van der Waals surface area contributed by atoms with Gasteiger partial charge in [-0.25, -0.2) is 0 Å². The van der Waals surface area contributed by atoms with E-state index in [1.165, 1.54) is 12.1 Å². The maximum atomic E-state index is 13.0. The van der Waals surface area contributed by atoms with E-state index in [-0.39, 0.29) is 36.5 Å². The topological polar surface area (TPSA) is 46.3 Å². The lowest BCUT2D eigenvalue weighted by Crippen LogP contribution is -2.33. The van der Waals surface area contributed by atoms with E-state index in [0.29, 0.717) is 19.4 Å². The van der Waals surface area contributed by atoms with Crippen LogP contribution in [0, 0.1) is 0 Å². The Hall–Kier alpha value is -1.27. The number of nitrogens with zero attached hydrogens (tertiary/aromatic N) is 1. The van der Waals surface area contributed by atoms with Crippen LogP contribution in [0.3, 0.4) is 0 Å². The summed E-state index contributed by atoms with van der Waals surface area (Å²) in [6, 6.07) is 5.51. The van der Waals surface area contributed by atoms with E-state index in [0.717, 1.165) is 18.9 Å². The Morgan fingerprint density at radius 3 is 2.45 bits per heavy atom. The van der Waals surface area contributed by atoms with Gasteiger partial charge in [-0.3, -0.25) is 4.79 Å². The van der Waals surface area contributed by atoms with Gasteiger partial charge in [0.15, 0.2) is 0 Å². The van der Waals surface area contributed by atoms with Crippen molar-refractivity contribution in [3.8, 4) is 0 Å². The number of halogens is 4. The number of hydrogen-bond donors (Lipinski definition) is 1. The van der Waals surface area contributed by atoms with Crippen molar-refractivity contribution in [2.24, 2.45) is 5.73 Å². The van der Waals surface area contributed by atoms with Crippen LogP contribution in [0.1, 0.15) is 36.8 Å². The Morgan fingerprint density at radius 2 is 1.91 bits per heavy atom. The van der Waals surface area contributed by atoms with Crippen molar-refractivity contribution in [1.29, 1.82) is 0 Å². The van der Waals surface area contributed by atoms with Gasteiger partial charge >= 0.3 is 6.18 Å². The minimum atomic E-state index is -4.40. The third-order valence-electron chi connectivity index (χ3n) is 3.57. The van der Waals surface area contributed by atoms with Crippen molar-refractivity contribution >= 4 is 18.3 Å². The molecular weight excluding hydrogens is 317 g/mol. The third kappa shape index (κ3) is 4.88. The summed E-state index contributed by atoms with van der Waals surface area (Å²) >= 11 is 0. The lowest BCUT2D eigenvalue weighted by Gasteiger charge is -2.24.